The van der Waals surface area contributed by atoms with Crippen molar-refractivity contribution >= 4 is 18.0 Å². The van der Waals surface area contributed by atoms with E-state index in [-0.39, 0.29) is 18.3 Å². The number of ether oxygens (including phenoxy) is 1. The molecule has 0 aliphatic rings. The maximum absolute atomic E-state index is 11.4. The van der Waals surface area contributed by atoms with Gasteiger partial charge in [0.05, 0.1) is 6.61 Å². The van der Waals surface area contributed by atoms with Crippen LogP contribution in [-0.2, 0) is 9.53 Å². The van der Waals surface area contributed by atoms with Gasteiger partial charge in [-0.05, 0) is 19.8 Å². The van der Waals surface area contributed by atoms with Gasteiger partial charge in [0.15, 0.2) is 5.69 Å². The molecule has 0 bridgehead atoms. The molecule has 0 spiro atoms. The van der Waals surface area contributed by atoms with Crippen LogP contribution in [0.15, 0.2) is 10.7 Å². The van der Waals surface area contributed by atoms with Gasteiger partial charge in [0.1, 0.15) is 11.8 Å². The number of nitrogens with zero attached hydrogens (tertiary/aromatic N) is 1. The number of oxazole rings is 1. The zero-order chi connectivity index (χ0) is 14.5. The third-order valence-electron chi connectivity index (χ3n) is 2.95. The smallest absolute Gasteiger partial charge is 0.360 e. The molecule has 1 rings (SSSR count). The van der Waals surface area contributed by atoms with Gasteiger partial charge in [-0.1, -0.05) is 13.8 Å². The zero-order valence-electron chi connectivity index (χ0n) is 11.2. The molecule has 0 saturated heterocycles. The number of esters is 1. The summed E-state index contributed by atoms with van der Waals surface area (Å²) in [5.41, 5.74) is -1.15. The van der Waals surface area contributed by atoms with E-state index in [1.54, 1.807) is 20.8 Å². The van der Waals surface area contributed by atoms with Gasteiger partial charge in [-0.15, -0.1) is 0 Å². The Morgan fingerprint density at radius 2 is 2.05 bits per heavy atom. The van der Waals surface area contributed by atoms with Gasteiger partial charge in [0.2, 0.25) is 0 Å². The molecule has 1 aromatic rings. The van der Waals surface area contributed by atoms with E-state index in [4.69, 9.17) is 9.15 Å². The highest BCUT2D eigenvalue weighted by molar-refractivity contribution is 5.87. The first-order valence-corrected chi connectivity index (χ1v) is 6.13. The van der Waals surface area contributed by atoms with E-state index in [0.717, 1.165) is 6.26 Å². The summed E-state index contributed by atoms with van der Waals surface area (Å²) in [4.78, 5) is 26.6. The van der Waals surface area contributed by atoms with Crippen molar-refractivity contribution in [1.29, 1.82) is 0 Å². The first-order chi connectivity index (χ1) is 8.99. The molecule has 1 aromatic heterocycles. The van der Waals surface area contributed by atoms with Gasteiger partial charge in [-0.2, -0.15) is 4.98 Å². The van der Waals surface area contributed by atoms with Crippen LogP contribution in [0.5, 0.6) is 0 Å². The number of hydrogen-bond acceptors (Lipinski definition) is 6. The monoisotopic (exact) mass is 270 g/mol. The molecule has 7 heteroatoms. The van der Waals surface area contributed by atoms with E-state index in [2.05, 4.69) is 10.3 Å². The summed E-state index contributed by atoms with van der Waals surface area (Å²) in [6.45, 7) is 5.41. The molecule has 0 saturated carbocycles. The fourth-order valence-corrected chi connectivity index (χ4v) is 1.62. The van der Waals surface area contributed by atoms with Crippen molar-refractivity contribution in [1.82, 2.24) is 4.98 Å². The number of aromatic nitrogens is 1. The second-order valence-electron chi connectivity index (χ2n) is 3.98. The van der Waals surface area contributed by atoms with E-state index in [9.17, 15) is 14.7 Å². The number of aliphatic carboxylic acids is 1. The maximum atomic E-state index is 11.4. The van der Waals surface area contributed by atoms with Gasteiger partial charge < -0.3 is 19.6 Å². The highest BCUT2D eigenvalue weighted by Crippen LogP contribution is 2.22. The van der Waals surface area contributed by atoms with Crippen molar-refractivity contribution < 1.29 is 23.8 Å². The Bertz CT molecular complexity index is 451. The number of hydrogen-bond donors (Lipinski definition) is 2. The minimum Gasteiger partial charge on any atom is -0.480 e. The molecule has 0 aliphatic heterocycles. The van der Waals surface area contributed by atoms with Gasteiger partial charge in [-0.25, -0.2) is 9.59 Å². The lowest BCUT2D eigenvalue weighted by atomic mass is 9.93. The van der Waals surface area contributed by atoms with Crippen LogP contribution in [0.3, 0.4) is 0 Å². The Morgan fingerprint density at radius 3 is 2.53 bits per heavy atom. The molecule has 0 atom stereocenters. The van der Waals surface area contributed by atoms with Crippen molar-refractivity contribution in [2.75, 3.05) is 11.9 Å². The molecule has 106 valence electrons. The van der Waals surface area contributed by atoms with Crippen LogP contribution in [0.4, 0.5) is 6.01 Å². The Balaban J connectivity index is 2.87. The minimum absolute atomic E-state index is 0.00541. The number of carbonyl (C=O) groups excluding carboxylic acids is 1. The zero-order valence-corrected chi connectivity index (χ0v) is 11.2. The van der Waals surface area contributed by atoms with E-state index in [1.165, 1.54) is 0 Å². The predicted octanol–water partition coefficient (Wildman–Crippen LogP) is 1.91. The van der Waals surface area contributed by atoms with E-state index < -0.39 is 17.5 Å². The van der Waals surface area contributed by atoms with Crippen molar-refractivity contribution in [3.8, 4) is 0 Å². The van der Waals surface area contributed by atoms with Crippen LogP contribution < -0.4 is 5.32 Å². The fraction of sp³-hybridized carbons (Fsp3) is 0.583. The number of anilines is 1. The average Bonchev–Trinajstić information content (AvgIpc) is 2.84. The lowest BCUT2D eigenvalue weighted by Gasteiger charge is -2.26. The molecule has 0 radical (unpaired) electrons. The quantitative estimate of drug-likeness (QED) is 0.729. The topological polar surface area (TPSA) is 102 Å². The molecule has 19 heavy (non-hydrogen) atoms. The van der Waals surface area contributed by atoms with Crippen molar-refractivity contribution in [2.24, 2.45) is 0 Å². The summed E-state index contributed by atoms with van der Waals surface area (Å²) < 4.78 is 9.82. The summed E-state index contributed by atoms with van der Waals surface area (Å²) >= 11 is 0. The predicted molar refractivity (Wildman–Crippen MR) is 67.0 cm³/mol. The third kappa shape index (κ3) is 3.24. The highest BCUT2D eigenvalue weighted by atomic mass is 16.5. The fourth-order valence-electron chi connectivity index (χ4n) is 1.62. The van der Waals surface area contributed by atoms with Crippen LogP contribution in [0.1, 0.15) is 44.1 Å². The summed E-state index contributed by atoms with van der Waals surface area (Å²) in [6.07, 6.45) is 1.85. The SMILES string of the molecule is CCOC(=O)c1coc(NC(CC)(CC)C(=O)O)n1. The Kier molecular flexibility index (Phi) is 4.91. The van der Waals surface area contributed by atoms with Gasteiger partial charge >= 0.3 is 11.9 Å². The van der Waals surface area contributed by atoms with Crippen LogP contribution in [0, 0.1) is 0 Å². The number of carboxylic acid groups (broad SMARTS) is 1. The molecule has 0 aliphatic carbocycles. The molecule has 0 amide bonds. The summed E-state index contributed by atoms with van der Waals surface area (Å²) in [6, 6.07) is -0.00541. The molecule has 0 aromatic carbocycles. The largest absolute Gasteiger partial charge is 0.480 e. The second kappa shape index (κ2) is 6.21. The number of carboxylic acids is 1. The van der Waals surface area contributed by atoms with Crippen LogP contribution in [0.2, 0.25) is 0 Å². The Labute approximate surface area is 111 Å². The molecule has 7 nitrogen and oxygen atoms in total. The van der Waals surface area contributed by atoms with Crippen molar-refractivity contribution in [2.45, 2.75) is 39.2 Å². The number of rotatable bonds is 7. The van der Waals surface area contributed by atoms with Crippen LogP contribution in [-0.4, -0.2) is 34.2 Å². The standard InChI is InChI=1S/C12H18N2O5/c1-4-12(5-2,10(16)17)14-11-13-8(7-19-11)9(15)18-6-3/h7H,4-6H2,1-3H3,(H,13,14)(H,16,17). The Hall–Kier alpha value is -2.05. The van der Waals surface area contributed by atoms with Gasteiger partial charge in [0, 0.05) is 0 Å². The number of nitrogens with one attached hydrogen (secondary N) is 1. The average molecular weight is 270 g/mol. The summed E-state index contributed by atoms with van der Waals surface area (Å²) in [7, 11) is 0. The summed E-state index contributed by atoms with van der Waals surface area (Å²) in [5.74, 6) is -1.60. The Morgan fingerprint density at radius 1 is 1.42 bits per heavy atom. The van der Waals surface area contributed by atoms with E-state index in [1.807, 2.05) is 0 Å². The molecule has 1 heterocycles. The lowest BCUT2D eigenvalue weighted by Crippen LogP contribution is -2.45. The molecule has 2 N–H and O–H groups in total. The number of carbonyl (C=O) groups is 2. The third-order valence-corrected chi connectivity index (χ3v) is 2.95. The maximum Gasteiger partial charge on any atom is 0.360 e. The van der Waals surface area contributed by atoms with Gasteiger partial charge in [-0.3, -0.25) is 0 Å². The molecular weight excluding hydrogens is 252 g/mol. The van der Waals surface area contributed by atoms with Crippen LogP contribution in [0.25, 0.3) is 0 Å². The first kappa shape index (κ1) is 15.0. The van der Waals surface area contributed by atoms with Crippen LogP contribution >= 0.6 is 0 Å². The van der Waals surface area contributed by atoms with E-state index in [0.29, 0.717) is 12.8 Å². The highest BCUT2D eigenvalue weighted by Gasteiger charge is 2.36. The van der Waals surface area contributed by atoms with E-state index >= 15 is 0 Å². The molecular formula is C12H18N2O5. The lowest BCUT2D eigenvalue weighted by molar-refractivity contribution is -0.142. The van der Waals surface area contributed by atoms with Gasteiger partial charge in [0.25, 0.3) is 6.01 Å². The minimum atomic E-state index is -1.16. The first-order valence-electron chi connectivity index (χ1n) is 6.13. The van der Waals surface area contributed by atoms with Crippen molar-refractivity contribution in [3.63, 3.8) is 0 Å². The molecule has 0 fully saturated rings. The molecule has 0 unspecified atom stereocenters. The second-order valence-corrected chi connectivity index (χ2v) is 3.98. The van der Waals surface area contributed by atoms with Crippen molar-refractivity contribution in [3.05, 3.63) is 12.0 Å². The normalized spacial score (nSPS) is 11.1. The summed E-state index contributed by atoms with van der Waals surface area (Å²) in [5, 5.41) is 12.0.